The third kappa shape index (κ3) is 5.45. The number of aromatic hydroxyl groups is 1. The number of nitrogens with one attached hydrogen (secondary N) is 2. The third-order valence-electron chi connectivity index (χ3n) is 2.77. The van der Waals surface area contributed by atoms with Crippen LogP contribution in [0.1, 0.15) is 19.4 Å². The molecule has 0 aromatic heterocycles. The van der Waals surface area contributed by atoms with Crippen molar-refractivity contribution in [1.82, 2.24) is 10.6 Å². The summed E-state index contributed by atoms with van der Waals surface area (Å²) in [6, 6.07) is 4.35. The van der Waals surface area contributed by atoms with Crippen molar-refractivity contribution < 1.29 is 19.8 Å². The van der Waals surface area contributed by atoms with Gasteiger partial charge in [0, 0.05) is 6.42 Å². The van der Waals surface area contributed by atoms with Gasteiger partial charge in [0.15, 0.2) is 0 Å². The van der Waals surface area contributed by atoms with Gasteiger partial charge in [-0.25, -0.2) is 9.59 Å². The van der Waals surface area contributed by atoms with Crippen LogP contribution in [0.3, 0.4) is 0 Å². The number of carboxylic acid groups (broad SMARTS) is 1. The van der Waals surface area contributed by atoms with Crippen molar-refractivity contribution >= 4 is 12.0 Å². The number of hydrogen-bond acceptors (Lipinski definition) is 3. The average molecular weight is 290 g/mol. The molecule has 0 radical (unpaired) electrons. The van der Waals surface area contributed by atoms with E-state index in [0.717, 1.165) is 0 Å². The average Bonchev–Trinajstić information content (AvgIpc) is 2.39. The molecule has 2 amide bonds. The van der Waals surface area contributed by atoms with E-state index in [0.29, 0.717) is 5.56 Å². The quantitative estimate of drug-likeness (QED) is 0.610. The van der Waals surface area contributed by atoms with Gasteiger partial charge >= 0.3 is 12.0 Å². The summed E-state index contributed by atoms with van der Waals surface area (Å²) in [6.07, 6.45) is 5.35. The summed E-state index contributed by atoms with van der Waals surface area (Å²) in [7, 11) is 0. The molecule has 21 heavy (non-hydrogen) atoms. The Morgan fingerprint density at radius 1 is 1.33 bits per heavy atom. The van der Waals surface area contributed by atoms with E-state index in [2.05, 4.69) is 16.6 Å². The Morgan fingerprint density at radius 2 is 1.90 bits per heavy atom. The van der Waals surface area contributed by atoms with E-state index in [1.807, 2.05) is 0 Å². The number of rotatable bonds is 5. The summed E-state index contributed by atoms with van der Waals surface area (Å²) < 4.78 is 0. The normalized spacial score (nSPS) is 12.0. The topological polar surface area (TPSA) is 98.7 Å². The molecule has 0 unspecified atom stereocenters. The fourth-order valence-electron chi connectivity index (χ4n) is 1.58. The highest BCUT2D eigenvalue weighted by Gasteiger charge is 2.23. The summed E-state index contributed by atoms with van der Waals surface area (Å²) >= 11 is 0. The van der Waals surface area contributed by atoms with Crippen molar-refractivity contribution in [2.75, 3.05) is 0 Å². The molecule has 0 aliphatic rings. The molecule has 0 fully saturated rings. The minimum atomic E-state index is -1.16. The fraction of sp³-hybridized carbons (Fsp3) is 0.333. The van der Waals surface area contributed by atoms with Crippen molar-refractivity contribution in [2.24, 2.45) is 0 Å². The number of phenolic OH excluding ortho intramolecular Hbond substituents is 1. The van der Waals surface area contributed by atoms with E-state index in [1.54, 1.807) is 26.0 Å². The summed E-state index contributed by atoms with van der Waals surface area (Å²) in [4.78, 5) is 23.0. The number of benzene rings is 1. The first-order valence-corrected chi connectivity index (χ1v) is 6.30. The molecule has 0 heterocycles. The van der Waals surface area contributed by atoms with Gasteiger partial charge in [-0.15, -0.1) is 6.42 Å². The van der Waals surface area contributed by atoms with E-state index < -0.39 is 23.6 Å². The summed E-state index contributed by atoms with van der Waals surface area (Å²) in [5.74, 6) is 1.32. The predicted octanol–water partition coefficient (Wildman–Crippen LogP) is 1.10. The van der Waals surface area contributed by atoms with Gasteiger partial charge in [0.25, 0.3) is 0 Å². The molecular weight excluding hydrogens is 272 g/mol. The van der Waals surface area contributed by atoms with Crippen molar-refractivity contribution in [3.05, 3.63) is 29.8 Å². The second-order valence-electron chi connectivity index (χ2n) is 5.13. The molecule has 0 bridgehead atoms. The maximum Gasteiger partial charge on any atom is 0.326 e. The number of aliphatic carboxylic acids is 1. The number of carboxylic acids is 1. The number of urea groups is 1. The zero-order valence-electron chi connectivity index (χ0n) is 11.9. The first kappa shape index (κ1) is 16.4. The third-order valence-corrected chi connectivity index (χ3v) is 2.77. The lowest BCUT2D eigenvalue weighted by atomic mass is 10.1. The van der Waals surface area contributed by atoms with E-state index in [1.165, 1.54) is 12.1 Å². The van der Waals surface area contributed by atoms with Crippen molar-refractivity contribution in [3.63, 3.8) is 0 Å². The van der Waals surface area contributed by atoms with Crippen LogP contribution in [0.4, 0.5) is 4.79 Å². The summed E-state index contributed by atoms with van der Waals surface area (Å²) in [6.45, 7) is 3.25. The predicted molar refractivity (Wildman–Crippen MR) is 77.8 cm³/mol. The van der Waals surface area contributed by atoms with Crippen LogP contribution >= 0.6 is 0 Å². The van der Waals surface area contributed by atoms with Crippen LogP contribution in [0.15, 0.2) is 24.3 Å². The first-order valence-electron chi connectivity index (χ1n) is 6.30. The first-order chi connectivity index (χ1) is 9.73. The largest absolute Gasteiger partial charge is 0.508 e. The molecule has 0 spiro atoms. The molecule has 0 aliphatic carbocycles. The lowest BCUT2D eigenvalue weighted by molar-refractivity contribution is -0.139. The minimum Gasteiger partial charge on any atom is -0.508 e. The second-order valence-corrected chi connectivity index (χ2v) is 5.13. The summed E-state index contributed by atoms with van der Waals surface area (Å²) in [5.41, 5.74) is -0.192. The van der Waals surface area contributed by atoms with E-state index in [4.69, 9.17) is 11.5 Å². The highest BCUT2D eigenvalue weighted by Crippen LogP contribution is 2.11. The van der Waals surface area contributed by atoms with Crippen LogP contribution in [0.5, 0.6) is 5.75 Å². The number of amides is 2. The number of hydrogen-bond donors (Lipinski definition) is 4. The van der Waals surface area contributed by atoms with Gasteiger partial charge in [-0.1, -0.05) is 18.1 Å². The molecule has 6 nitrogen and oxygen atoms in total. The highest BCUT2D eigenvalue weighted by atomic mass is 16.4. The van der Waals surface area contributed by atoms with Crippen molar-refractivity contribution in [1.29, 1.82) is 0 Å². The van der Waals surface area contributed by atoms with Gasteiger partial charge in [0.1, 0.15) is 11.8 Å². The smallest absolute Gasteiger partial charge is 0.326 e. The van der Waals surface area contributed by atoms with E-state index >= 15 is 0 Å². The molecule has 1 aromatic rings. The Morgan fingerprint density at radius 3 is 2.38 bits per heavy atom. The van der Waals surface area contributed by atoms with Crippen LogP contribution in [0, 0.1) is 12.3 Å². The molecule has 6 heteroatoms. The van der Waals surface area contributed by atoms with E-state index in [9.17, 15) is 14.7 Å². The molecule has 0 saturated heterocycles. The van der Waals surface area contributed by atoms with Crippen molar-refractivity contribution in [2.45, 2.75) is 31.8 Å². The van der Waals surface area contributed by atoms with Crippen molar-refractivity contribution in [3.8, 4) is 18.1 Å². The van der Waals surface area contributed by atoms with Gasteiger partial charge in [-0.05, 0) is 31.5 Å². The summed E-state index contributed by atoms with van der Waals surface area (Å²) in [5, 5.41) is 23.2. The second kappa shape index (κ2) is 6.66. The van der Waals surface area contributed by atoms with Gasteiger partial charge in [-0.3, -0.25) is 0 Å². The molecule has 1 rings (SSSR count). The van der Waals surface area contributed by atoms with Gasteiger partial charge in [0.2, 0.25) is 0 Å². The van der Waals surface area contributed by atoms with Crippen LogP contribution in [-0.4, -0.2) is 33.8 Å². The number of carbonyl (C=O) groups is 2. The Labute approximate surface area is 123 Å². The zero-order chi connectivity index (χ0) is 16.0. The number of phenols is 1. The molecule has 1 atom stereocenters. The maximum absolute atomic E-state index is 11.8. The molecule has 0 aliphatic heterocycles. The highest BCUT2D eigenvalue weighted by molar-refractivity contribution is 5.83. The number of carbonyl (C=O) groups excluding carboxylic acids is 1. The van der Waals surface area contributed by atoms with Gasteiger partial charge < -0.3 is 20.8 Å². The Bertz CT molecular complexity index is 558. The van der Waals surface area contributed by atoms with E-state index in [-0.39, 0.29) is 12.2 Å². The minimum absolute atomic E-state index is 0.0899. The standard InChI is InChI=1S/C15H18N2O4/c1-4-15(2,3)17-14(21)16-12(13(19)20)9-10-5-7-11(18)8-6-10/h1,5-8,12,18H,9H2,2-3H3,(H,19,20)(H2,16,17,21)/t12-/m0/s1. The van der Waals surface area contributed by atoms with Gasteiger partial charge in [0.05, 0.1) is 5.54 Å². The zero-order valence-corrected chi connectivity index (χ0v) is 11.9. The molecule has 4 N–H and O–H groups in total. The Balaban J connectivity index is 2.71. The SMILES string of the molecule is C#CC(C)(C)NC(=O)N[C@@H](Cc1ccc(O)cc1)C(=O)O. The molecule has 0 saturated carbocycles. The van der Waals surface area contributed by atoms with Gasteiger partial charge in [-0.2, -0.15) is 0 Å². The molecular formula is C15H18N2O4. The maximum atomic E-state index is 11.8. The van der Waals surface area contributed by atoms with Crippen LogP contribution < -0.4 is 10.6 Å². The molecule has 1 aromatic carbocycles. The Kier molecular flexibility index (Phi) is 5.19. The lowest BCUT2D eigenvalue weighted by Gasteiger charge is -2.22. The lowest BCUT2D eigenvalue weighted by Crippen LogP contribution is -2.52. The fourth-order valence-corrected chi connectivity index (χ4v) is 1.58. The van der Waals surface area contributed by atoms with Crippen LogP contribution in [0.25, 0.3) is 0 Å². The van der Waals surface area contributed by atoms with Crippen LogP contribution in [0.2, 0.25) is 0 Å². The number of terminal acetylenes is 1. The Hall–Kier alpha value is -2.68. The van der Waals surface area contributed by atoms with Crippen LogP contribution in [-0.2, 0) is 11.2 Å². The monoisotopic (exact) mass is 290 g/mol. The molecule has 112 valence electrons.